The Bertz CT molecular complexity index is 710. The first-order valence-corrected chi connectivity index (χ1v) is 7.16. The van der Waals surface area contributed by atoms with Crippen molar-refractivity contribution >= 4 is 17.5 Å². The maximum atomic E-state index is 12.0. The highest BCUT2D eigenvalue weighted by Gasteiger charge is 2.15. The van der Waals surface area contributed by atoms with E-state index >= 15 is 0 Å². The van der Waals surface area contributed by atoms with Gasteiger partial charge in [0, 0.05) is 6.54 Å². The number of carbonyl (C=O) groups is 1. The van der Waals surface area contributed by atoms with E-state index in [0.29, 0.717) is 22.9 Å². The van der Waals surface area contributed by atoms with Crippen LogP contribution in [-0.4, -0.2) is 12.0 Å². The molecule has 0 bridgehead atoms. The van der Waals surface area contributed by atoms with Crippen LogP contribution < -0.4 is 10.1 Å². The molecule has 0 aliphatic rings. The summed E-state index contributed by atoms with van der Waals surface area (Å²) in [6.07, 6.45) is -0.668. The summed E-state index contributed by atoms with van der Waals surface area (Å²) < 4.78 is 5.54. The Morgan fingerprint density at radius 3 is 2.82 bits per heavy atom. The van der Waals surface area contributed by atoms with E-state index < -0.39 is 6.10 Å². The first-order chi connectivity index (χ1) is 10.6. The normalized spacial score (nSPS) is 11.3. The van der Waals surface area contributed by atoms with Gasteiger partial charge in [-0.05, 0) is 36.8 Å². The lowest BCUT2D eigenvalue weighted by molar-refractivity contribution is -0.127. The van der Waals surface area contributed by atoms with Crippen LogP contribution in [0.5, 0.6) is 5.75 Å². The second-order valence-corrected chi connectivity index (χ2v) is 5.13. The van der Waals surface area contributed by atoms with E-state index in [1.54, 1.807) is 49.4 Å². The lowest BCUT2D eigenvalue weighted by Crippen LogP contribution is -2.35. The summed E-state index contributed by atoms with van der Waals surface area (Å²) in [4.78, 5) is 12.0. The molecule has 0 aliphatic carbocycles. The van der Waals surface area contributed by atoms with Crippen molar-refractivity contribution < 1.29 is 9.53 Å². The minimum Gasteiger partial charge on any atom is -0.479 e. The summed E-state index contributed by atoms with van der Waals surface area (Å²) in [6, 6.07) is 16.1. The Kier molecular flexibility index (Phi) is 5.40. The SMILES string of the molecule is CC(Oc1ccccc1Cl)C(=O)NCc1cccc(C#N)c1. The van der Waals surface area contributed by atoms with Crippen molar-refractivity contribution in [3.05, 3.63) is 64.7 Å². The highest BCUT2D eigenvalue weighted by Crippen LogP contribution is 2.24. The van der Waals surface area contributed by atoms with Crippen LogP contribution in [0.1, 0.15) is 18.1 Å². The number of para-hydroxylation sites is 1. The van der Waals surface area contributed by atoms with Gasteiger partial charge in [0.15, 0.2) is 6.10 Å². The van der Waals surface area contributed by atoms with Crippen LogP contribution in [0.3, 0.4) is 0 Å². The second kappa shape index (κ2) is 7.48. The molecule has 0 heterocycles. The molecule has 112 valence electrons. The summed E-state index contributed by atoms with van der Waals surface area (Å²) in [6.45, 7) is 1.99. The van der Waals surface area contributed by atoms with Crippen molar-refractivity contribution in [1.29, 1.82) is 5.26 Å². The molecule has 5 heteroatoms. The van der Waals surface area contributed by atoms with Gasteiger partial charge < -0.3 is 10.1 Å². The fourth-order valence-corrected chi connectivity index (χ4v) is 2.05. The van der Waals surface area contributed by atoms with Crippen molar-refractivity contribution in [3.8, 4) is 11.8 Å². The molecule has 2 aromatic carbocycles. The van der Waals surface area contributed by atoms with Crippen molar-refractivity contribution in [3.63, 3.8) is 0 Å². The third kappa shape index (κ3) is 4.24. The van der Waals surface area contributed by atoms with Gasteiger partial charge in [-0.2, -0.15) is 5.26 Å². The number of carbonyl (C=O) groups excluding carboxylic acids is 1. The maximum absolute atomic E-state index is 12.0. The van der Waals surface area contributed by atoms with Gasteiger partial charge in [-0.1, -0.05) is 35.9 Å². The Labute approximate surface area is 134 Å². The number of nitriles is 1. The van der Waals surface area contributed by atoms with E-state index in [4.69, 9.17) is 21.6 Å². The van der Waals surface area contributed by atoms with Crippen LogP contribution in [-0.2, 0) is 11.3 Å². The van der Waals surface area contributed by atoms with E-state index in [1.165, 1.54) is 0 Å². The summed E-state index contributed by atoms with van der Waals surface area (Å²) in [5, 5.41) is 12.1. The van der Waals surface area contributed by atoms with Crippen LogP contribution in [0.15, 0.2) is 48.5 Å². The number of nitrogens with zero attached hydrogens (tertiary/aromatic N) is 1. The minimum absolute atomic E-state index is 0.248. The zero-order valence-electron chi connectivity index (χ0n) is 12.0. The predicted molar refractivity (Wildman–Crippen MR) is 84.5 cm³/mol. The molecule has 1 unspecified atom stereocenters. The molecular weight excluding hydrogens is 300 g/mol. The summed E-state index contributed by atoms with van der Waals surface area (Å²) in [7, 11) is 0. The van der Waals surface area contributed by atoms with E-state index in [0.717, 1.165) is 5.56 Å². The molecule has 1 atom stereocenters. The number of rotatable bonds is 5. The molecule has 1 N–H and O–H groups in total. The number of hydrogen-bond donors (Lipinski definition) is 1. The minimum atomic E-state index is -0.668. The third-order valence-electron chi connectivity index (χ3n) is 3.03. The van der Waals surface area contributed by atoms with E-state index in [1.807, 2.05) is 6.07 Å². The molecular formula is C17H15ClN2O2. The zero-order chi connectivity index (χ0) is 15.9. The summed E-state index contributed by atoms with van der Waals surface area (Å²) in [5.41, 5.74) is 1.42. The number of halogens is 1. The van der Waals surface area contributed by atoms with Crippen molar-refractivity contribution in [2.45, 2.75) is 19.6 Å². The quantitative estimate of drug-likeness (QED) is 0.921. The molecule has 0 aromatic heterocycles. The standard InChI is InChI=1S/C17H15ClN2O2/c1-12(22-16-8-3-2-7-15(16)18)17(21)20-11-14-6-4-5-13(9-14)10-19/h2-9,12H,11H2,1H3,(H,20,21). The molecule has 2 aromatic rings. The van der Waals surface area contributed by atoms with Gasteiger partial charge in [0.2, 0.25) is 0 Å². The molecule has 0 aliphatic heterocycles. The van der Waals surface area contributed by atoms with Crippen molar-refractivity contribution in [2.75, 3.05) is 0 Å². The summed E-state index contributed by atoms with van der Waals surface area (Å²) in [5.74, 6) is 0.223. The average Bonchev–Trinajstić information content (AvgIpc) is 2.54. The zero-order valence-corrected chi connectivity index (χ0v) is 12.8. The second-order valence-electron chi connectivity index (χ2n) is 4.72. The van der Waals surface area contributed by atoms with Crippen LogP contribution in [0.2, 0.25) is 5.02 Å². The fourth-order valence-electron chi connectivity index (χ4n) is 1.87. The molecule has 4 nitrogen and oxygen atoms in total. The number of nitrogens with one attached hydrogen (secondary N) is 1. The Hall–Kier alpha value is -2.51. The van der Waals surface area contributed by atoms with Gasteiger partial charge >= 0.3 is 0 Å². The monoisotopic (exact) mass is 314 g/mol. The highest BCUT2D eigenvalue weighted by molar-refractivity contribution is 6.32. The lowest BCUT2D eigenvalue weighted by Gasteiger charge is -2.15. The first-order valence-electron chi connectivity index (χ1n) is 6.78. The lowest BCUT2D eigenvalue weighted by atomic mass is 10.1. The predicted octanol–water partition coefficient (Wildman–Crippen LogP) is 3.30. The van der Waals surface area contributed by atoms with Gasteiger partial charge in [-0.25, -0.2) is 0 Å². The van der Waals surface area contributed by atoms with E-state index in [9.17, 15) is 4.79 Å². The number of amides is 1. The van der Waals surface area contributed by atoms with Gasteiger partial charge in [-0.15, -0.1) is 0 Å². The van der Waals surface area contributed by atoms with Gasteiger partial charge in [0.25, 0.3) is 5.91 Å². The van der Waals surface area contributed by atoms with Crippen LogP contribution in [0.4, 0.5) is 0 Å². The molecule has 0 saturated carbocycles. The van der Waals surface area contributed by atoms with Gasteiger partial charge in [-0.3, -0.25) is 4.79 Å². The first kappa shape index (κ1) is 15.9. The van der Waals surface area contributed by atoms with Crippen LogP contribution >= 0.6 is 11.6 Å². The van der Waals surface area contributed by atoms with Crippen molar-refractivity contribution in [1.82, 2.24) is 5.32 Å². The fraction of sp³-hybridized carbons (Fsp3) is 0.176. The Morgan fingerprint density at radius 2 is 2.09 bits per heavy atom. The van der Waals surface area contributed by atoms with Gasteiger partial charge in [0.05, 0.1) is 16.7 Å². The van der Waals surface area contributed by atoms with Crippen LogP contribution in [0.25, 0.3) is 0 Å². The van der Waals surface area contributed by atoms with E-state index in [-0.39, 0.29) is 5.91 Å². The molecule has 1 amide bonds. The molecule has 22 heavy (non-hydrogen) atoms. The maximum Gasteiger partial charge on any atom is 0.261 e. The molecule has 2 rings (SSSR count). The number of hydrogen-bond acceptors (Lipinski definition) is 3. The number of benzene rings is 2. The molecule has 0 radical (unpaired) electrons. The number of ether oxygens (including phenoxy) is 1. The average molecular weight is 315 g/mol. The van der Waals surface area contributed by atoms with Crippen LogP contribution in [0, 0.1) is 11.3 Å². The van der Waals surface area contributed by atoms with Gasteiger partial charge in [0.1, 0.15) is 5.75 Å². The third-order valence-corrected chi connectivity index (χ3v) is 3.34. The molecule has 0 fully saturated rings. The topological polar surface area (TPSA) is 62.1 Å². The smallest absolute Gasteiger partial charge is 0.261 e. The van der Waals surface area contributed by atoms with Crippen molar-refractivity contribution in [2.24, 2.45) is 0 Å². The largest absolute Gasteiger partial charge is 0.479 e. The highest BCUT2D eigenvalue weighted by atomic mass is 35.5. The molecule has 0 saturated heterocycles. The Morgan fingerprint density at radius 1 is 1.32 bits per heavy atom. The Balaban J connectivity index is 1.91. The summed E-state index contributed by atoms with van der Waals surface area (Å²) >= 11 is 5.99. The van der Waals surface area contributed by atoms with E-state index in [2.05, 4.69) is 11.4 Å². The molecule has 0 spiro atoms.